The zero-order valence-electron chi connectivity index (χ0n) is 10.8. The van der Waals surface area contributed by atoms with Crippen LogP contribution in [-0.4, -0.2) is 4.21 Å². The standard InChI is InChI=1S/C12H2Br10OS/c13-3-1-2-4(6(15)5(3)14)24(21,22,23)12-10(19)8(17)7(16)9(18)11(12)20/h1-2H. The third-order valence-corrected chi connectivity index (χ3v) is 19.3. The van der Waals surface area contributed by atoms with Crippen molar-refractivity contribution in [1.29, 1.82) is 0 Å². The van der Waals surface area contributed by atoms with E-state index in [0.29, 0.717) is 23.2 Å². The summed E-state index contributed by atoms with van der Waals surface area (Å²) in [6.45, 7) is 0. The van der Waals surface area contributed by atoms with Crippen LogP contribution < -0.4 is 0 Å². The molecule has 0 heterocycles. The maximum absolute atomic E-state index is 14.2. The summed E-state index contributed by atoms with van der Waals surface area (Å²) in [5, 5.41) is 0. The molecule has 1 nitrogen and oxygen atoms in total. The van der Waals surface area contributed by atoms with Crippen LogP contribution in [0.3, 0.4) is 0 Å². The Kier molecular flexibility index (Phi) is 8.14. The van der Waals surface area contributed by atoms with Crippen molar-refractivity contribution in [3.8, 4) is 0 Å². The summed E-state index contributed by atoms with van der Waals surface area (Å²) < 4.78 is 20.0. The van der Waals surface area contributed by atoms with Gasteiger partial charge in [-0.05, 0) is 140 Å². The molecule has 0 fully saturated rings. The number of hydrogen-bond acceptors (Lipinski definition) is 1. The summed E-state index contributed by atoms with van der Waals surface area (Å²) in [6, 6.07) is 3.60. The second-order valence-electron chi connectivity index (χ2n) is 4.33. The van der Waals surface area contributed by atoms with E-state index in [2.05, 4.69) is 157 Å². The summed E-state index contributed by atoms with van der Waals surface area (Å²) in [5.74, 6) is -3.82. The first-order chi connectivity index (χ1) is 10.8. The van der Waals surface area contributed by atoms with Gasteiger partial charge in [-0.25, -0.2) is 0 Å². The van der Waals surface area contributed by atoms with Crippen molar-refractivity contribution in [3.63, 3.8) is 0 Å². The Morgan fingerprint density at radius 1 is 0.583 bits per heavy atom. The summed E-state index contributed by atoms with van der Waals surface area (Å²) in [6.07, 6.45) is 0. The largest absolute Gasteiger partial charge is 0.252 e. The lowest BCUT2D eigenvalue weighted by Gasteiger charge is -2.34. The SMILES string of the molecule is O=S(Br)(Br)(c1ccc(Br)c(Br)c1Br)c1c(Br)c(Br)c(Br)c(Br)c1Br. The molecule has 0 atom stereocenters. The van der Waals surface area contributed by atoms with Crippen molar-refractivity contribution >= 4 is 163 Å². The van der Waals surface area contributed by atoms with Gasteiger partial charge in [0.2, 0.25) is 0 Å². The van der Waals surface area contributed by atoms with Gasteiger partial charge in [0, 0.05) is 56.5 Å². The number of rotatable bonds is 2. The van der Waals surface area contributed by atoms with Crippen molar-refractivity contribution in [3.05, 3.63) is 47.9 Å². The van der Waals surface area contributed by atoms with Crippen LogP contribution in [0.5, 0.6) is 0 Å². The van der Waals surface area contributed by atoms with Gasteiger partial charge in [-0.2, -0.15) is 0 Å². The molecule has 0 aromatic heterocycles. The van der Waals surface area contributed by atoms with Crippen LogP contribution >= 0.6 is 157 Å². The number of hydrogen-bond donors (Lipinski definition) is 0. The molecule has 0 spiro atoms. The monoisotopic (exact) mass is 983 g/mol. The Morgan fingerprint density at radius 2 is 1.00 bits per heavy atom. The first-order valence-electron chi connectivity index (χ1n) is 5.56. The summed E-state index contributed by atoms with van der Waals surface area (Å²) in [4.78, 5) is 1.06. The predicted molar refractivity (Wildman–Crippen MR) is 137 cm³/mol. The van der Waals surface area contributed by atoms with Crippen LogP contribution in [0.15, 0.2) is 57.7 Å². The van der Waals surface area contributed by atoms with E-state index in [1.807, 2.05) is 6.07 Å². The molecule has 12 heteroatoms. The average molecular weight is 993 g/mol. The van der Waals surface area contributed by atoms with E-state index in [4.69, 9.17) is 0 Å². The minimum atomic E-state index is -3.82. The van der Waals surface area contributed by atoms with E-state index in [-0.39, 0.29) is 0 Å². The minimum Gasteiger partial charge on any atom is -0.252 e. The number of halogens is 10. The fraction of sp³-hybridized carbons (Fsp3) is 0. The van der Waals surface area contributed by atoms with Gasteiger partial charge >= 0.3 is 0 Å². The Balaban J connectivity index is 3.00. The van der Waals surface area contributed by atoms with Crippen LogP contribution in [0.2, 0.25) is 0 Å². The van der Waals surface area contributed by atoms with E-state index in [9.17, 15) is 4.21 Å². The molecule has 2 aromatic carbocycles. The minimum absolute atomic E-state index is 0.517. The van der Waals surface area contributed by atoms with Crippen LogP contribution in [0, 0.1) is 0 Å². The zero-order valence-corrected chi connectivity index (χ0v) is 27.4. The molecule has 0 radical (unpaired) electrons. The van der Waals surface area contributed by atoms with Gasteiger partial charge in [0.15, 0.2) is 0 Å². The topological polar surface area (TPSA) is 17.1 Å². The van der Waals surface area contributed by atoms with Crippen molar-refractivity contribution in [2.24, 2.45) is 0 Å². The highest BCUT2D eigenvalue weighted by atomic mass is 79.9. The molecule has 0 saturated carbocycles. The molecule has 0 N–H and O–H groups in total. The van der Waals surface area contributed by atoms with Gasteiger partial charge in [-0.3, -0.25) is 4.21 Å². The maximum atomic E-state index is 14.2. The fourth-order valence-electron chi connectivity index (χ4n) is 1.76. The maximum Gasteiger partial charge on any atom is 0.0714 e. The molecular formula is C12H2Br10OS. The van der Waals surface area contributed by atoms with E-state index >= 15 is 0 Å². The summed E-state index contributed by atoms with van der Waals surface area (Å²) in [5.41, 5.74) is 0. The van der Waals surface area contributed by atoms with Crippen molar-refractivity contribution in [2.45, 2.75) is 9.79 Å². The van der Waals surface area contributed by atoms with Gasteiger partial charge in [0.1, 0.15) is 0 Å². The van der Waals surface area contributed by atoms with Gasteiger partial charge < -0.3 is 0 Å². The quantitative estimate of drug-likeness (QED) is 0.167. The first-order valence-corrected chi connectivity index (χ1v) is 17.6. The molecular weight excluding hydrogens is 991 g/mol. The highest BCUT2D eigenvalue weighted by molar-refractivity contribution is 9.86. The lowest BCUT2D eigenvalue weighted by Crippen LogP contribution is -2.19. The molecule has 0 aliphatic rings. The molecule has 24 heavy (non-hydrogen) atoms. The molecule has 2 rings (SSSR count). The predicted octanol–water partition coefficient (Wildman–Crippen LogP) is 10.6. The Morgan fingerprint density at radius 3 is 1.46 bits per heavy atom. The van der Waals surface area contributed by atoms with Gasteiger partial charge in [0.25, 0.3) is 0 Å². The molecule has 2 aromatic rings. The van der Waals surface area contributed by atoms with E-state index in [1.165, 1.54) is 0 Å². The van der Waals surface area contributed by atoms with Gasteiger partial charge in [-0.1, -0.05) is 0 Å². The Hall–Kier alpha value is 3.39. The van der Waals surface area contributed by atoms with Crippen molar-refractivity contribution in [1.82, 2.24) is 0 Å². The van der Waals surface area contributed by atoms with Crippen LogP contribution in [0.25, 0.3) is 0 Å². The van der Waals surface area contributed by atoms with E-state index in [1.54, 1.807) is 6.07 Å². The smallest absolute Gasteiger partial charge is 0.0714 e. The first kappa shape index (κ1) is 23.7. The van der Waals surface area contributed by atoms with Crippen molar-refractivity contribution < 1.29 is 4.21 Å². The highest BCUT2D eigenvalue weighted by Crippen LogP contribution is 2.64. The lowest BCUT2D eigenvalue weighted by atomic mass is 10.4. The summed E-state index contributed by atoms with van der Waals surface area (Å²) in [7, 11) is 0. The zero-order chi connectivity index (χ0) is 18.6. The molecule has 0 unspecified atom stereocenters. The third kappa shape index (κ3) is 4.14. The summed E-state index contributed by atoms with van der Waals surface area (Å²) >= 11 is 35.1. The number of benzene rings is 2. The van der Waals surface area contributed by atoms with Crippen LogP contribution in [-0.2, 0) is 5.93 Å². The second-order valence-corrected chi connectivity index (χ2v) is 23.1. The highest BCUT2D eigenvalue weighted by Gasteiger charge is 2.43. The van der Waals surface area contributed by atoms with E-state index < -0.39 is 5.93 Å². The molecule has 0 amide bonds. The Bertz CT molecular complexity index is 903. The van der Waals surface area contributed by atoms with E-state index in [0.717, 1.165) is 22.4 Å². The second kappa shape index (κ2) is 8.26. The van der Waals surface area contributed by atoms with Crippen molar-refractivity contribution in [2.75, 3.05) is 0 Å². The molecule has 0 aliphatic carbocycles. The molecule has 0 aliphatic heterocycles. The average Bonchev–Trinajstić information content (AvgIpc) is 2.47. The fourth-order valence-corrected chi connectivity index (χ4v) is 18.5. The molecule has 0 bridgehead atoms. The molecule has 132 valence electrons. The normalized spacial score (nSPS) is 13.7. The molecule has 0 saturated heterocycles. The van der Waals surface area contributed by atoms with Gasteiger partial charge in [-0.15, -0.1) is 0 Å². The Labute approximate surface area is 221 Å². The third-order valence-electron chi connectivity index (χ3n) is 2.87. The van der Waals surface area contributed by atoms with Crippen LogP contribution in [0.1, 0.15) is 0 Å². The lowest BCUT2D eigenvalue weighted by molar-refractivity contribution is 0.677. The van der Waals surface area contributed by atoms with Crippen LogP contribution in [0.4, 0.5) is 0 Å². The van der Waals surface area contributed by atoms with Gasteiger partial charge in [0.05, 0.1) is 24.7 Å².